The summed E-state index contributed by atoms with van der Waals surface area (Å²) in [6.45, 7) is 12.0. The summed E-state index contributed by atoms with van der Waals surface area (Å²) in [5.41, 5.74) is 3.38. The van der Waals surface area contributed by atoms with Crippen LogP contribution < -0.4 is 14.8 Å². The van der Waals surface area contributed by atoms with Gasteiger partial charge in [-0.25, -0.2) is 0 Å². The highest BCUT2D eigenvalue weighted by atomic mass is 16.5. The van der Waals surface area contributed by atoms with Gasteiger partial charge >= 0.3 is 0 Å². The van der Waals surface area contributed by atoms with Crippen LogP contribution in [0.25, 0.3) is 0 Å². The molecule has 2 rings (SSSR count). The van der Waals surface area contributed by atoms with Crippen molar-refractivity contribution in [3.05, 3.63) is 53.6 Å². The summed E-state index contributed by atoms with van der Waals surface area (Å²) in [4.78, 5) is 0. The fourth-order valence-electron chi connectivity index (χ4n) is 2.34. The lowest BCUT2D eigenvalue weighted by Crippen LogP contribution is -2.23. The van der Waals surface area contributed by atoms with Gasteiger partial charge in [-0.3, -0.25) is 0 Å². The Bertz CT molecular complexity index is 652. The Balaban J connectivity index is 1.94. The first-order chi connectivity index (χ1) is 11.5. The van der Waals surface area contributed by atoms with Gasteiger partial charge in [-0.05, 0) is 56.0 Å². The van der Waals surface area contributed by atoms with Crippen molar-refractivity contribution in [3.8, 4) is 11.5 Å². The van der Waals surface area contributed by atoms with Crippen molar-refractivity contribution in [1.29, 1.82) is 0 Å². The molecule has 24 heavy (non-hydrogen) atoms. The molecule has 3 heteroatoms. The zero-order valence-corrected chi connectivity index (χ0v) is 15.4. The number of rotatable bonds is 8. The van der Waals surface area contributed by atoms with Gasteiger partial charge in [-0.15, -0.1) is 0 Å². The first-order valence-corrected chi connectivity index (χ1v) is 8.65. The molecule has 0 aliphatic heterocycles. The normalized spacial score (nSPS) is 12.1. The van der Waals surface area contributed by atoms with E-state index >= 15 is 0 Å². The second kappa shape index (κ2) is 8.62. The lowest BCUT2D eigenvalue weighted by molar-refractivity contribution is 0.232. The van der Waals surface area contributed by atoms with Gasteiger partial charge in [0.25, 0.3) is 0 Å². The predicted molar refractivity (Wildman–Crippen MR) is 101 cm³/mol. The minimum Gasteiger partial charge on any atom is -0.491 e. The minimum atomic E-state index is 0.0589. The van der Waals surface area contributed by atoms with Crippen molar-refractivity contribution < 1.29 is 9.47 Å². The van der Waals surface area contributed by atoms with Crippen LogP contribution in [0, 0.1) is 19.8 Å². The summed E-state index contributed by atoms with van der Waals surface area (Å²) >= 11 is 0. The smallest absolute Gasteiger partial charge is 0.142 e. The number of aryl methyl sites for hydroxylation is 2. The Morgan fingerprint density at radius 2 is 1.71 bits per heavy atom. The predicted octanol–water partition coefficient (Wildman–Crippen LogP) is 5.22. The zero-order chi connectivity index (χ0) is 17.5. The van der Waals surface area contributed by atoms with E-state index in [4.69, 9.17) is 9.47 Å². The summed E-state index contributed by atoms with van der Waals surface area (Å²) in [5.74, 6) is 2.35. The molecule has 0 bridgehead atoms. The second-order valence-corrected chi connectivity index (χ2v) is 6.78. The third kappa shape index (κ3) is 5.48. The van der Waals surface area contributed by atoms with E-state index in [1.165, 1.54) is 5.56 Å². The van der Waals surface area contributed by atoms with Crippen LogP contribution >= 0.6 is 0 Å². The number of para-hydroxylation sites is 2. The highest BCUT2D eigenvalue weighted by molar-refractivity contribution is 5.56. The molecule has 0 fully saturated rings. The first kappa shape index (κ1) is 18.2. The Morgan fingerprint density at radius 1 is 0.958 bits per heavy atom. The maximum absolute atomic E-state index is 6.08. The van der Waals surface area contributed by atoms with Gasteiger partial charge in [0.2, 0.25) is 0 Å². The molecule has 1 unspecified atom stereocenters. The van der Waals surface area contributed by atoms with Crippen LogP contribution in [0.15, 0.2) is 42.5 Å². The van der Waals surface area contributed by atoms with Crippen LogP contribution in [-0.4, -0.2) is 19.3 Å². The van der Waals surface area contributed by atoms with E-state index in [1.54, 1.807) is 0 Å². The molecule has 0 saturated heterocycles. The molecule has 1 atom stereocenters. The van der Waals surface area contributed by atoms with E-state index in [9.17, 15) is 0 Å². The summed E-state index contributed by atoms with van der Waals surface area (Å²) in [6.07, 6.45) is 0.0589. The molecule has 0 aromatic heterocycles. The summed E-state index contributed by atoms with van der Waals surface area (Å²) in [5, 5.41) is 3.44. The van der Waals surface area contributed by atoms with Crippen LogP contribution in [0.5, 0.6) is 11.5 Å². The largest absolute Gasteiger partial charge is 0.491 e. The Kier molecular flexibility index (Phi) is 6.53. The number of hydrogen-bond donors (Lipinski definition) is 1. The monoisotopic (exact) mass is 327 g/mol. The van der Waals surface area contributed by atoms with Crippen molar-refractivity contribution in [2.45, 2.75) is 40.7 Å². The highest BCUT2D eigenvalue weighted by Crippen LogP contribution is 2.25. The van der Waals surface area contributed by atoms with E-state index in [-0.39, 0.29) is 6.10 Å². The maximum Gasteiger partial charge on any atom is 0.142 e. The van der Waals surface area contributed by atoms with E-state index in [0.717, 1.165) is 29.3 Å². The van der Waals surface area contributed by atoms with Crippen LogP contribution in [0.1, 0.15) is 31.9 Å². The van der Waals surface area contributed by atoms with Crippen LogP contribution in [0.4, 0.5) is 5.69 Å². The maximum atomic E-state index is 6.08. The van der Waals surface area contributed by atoms with Crippen molar-refractivity contribution in [1.82, 2.24) is 0 Å². The zero-order valence-electron chi connectivity index (χ0n) is 15.4. The number of anilines is 1. The average molecular weight is 327 g/mol. The lowest BCUT2D eigenvalue weighted by atomic mass is 10.1. The summed E-state index contributed by atoms with van der Waals surface area (Å²) in [7, 11) is 0. The fraction of sp³-hybridized carbons (Fsp3) is 0.429. The molecule has 0 radical (unpaired) electrons. The molecule has 130 valence electrons. The van der Waals surface area contributed by atoms with Crippen molar-refractivity contribution in [3.63, 3.8) is 0 Å². The lowest BCUT2D eigenvalue weighted by Gasteiger charge is -2.19. The van der Waals surface area contributed by atoms with E-state index < -0.39 is 0 Å². The van der Waals surface area contributed by atoms with Gasteiger partial charge in [-0.2, -0.15) is 0 Å². The van der Waals surface area contributed by atoms with Crippen molar-refractivity contribution in [2.24, 2.45) is 5.92 Å². The Hall–Kier alpha value is -2.16. The van der Waals surface area contributed by atoms with Gasteiger partial charge < -0.3 is 14.8 Å². The molecular weight excluding hydrogens is 298 g/mol. The molecular formula is C21H29NO2. The number of hydrogen-bond acceptors (Lipinski definition) is 3. The van der Waals surface area contributed by atoms with Crippen LogP contribution in [0.3, 0.4) is 0 Å². The topological polar surface area (TPSA) is 30.5 Å². The third-order valence-corrected chi connectivity index (χ3v) is 3.71. The van der Waals surface area contributed by atoms with E-state index in [0.29, 0.717) is 12.5 Å². The number of ether oxygens (including phenoxy) is 2. The molecule has 3 nitrogen and oxygen atoms in total. The summed E-state index contributed by atoms with van der Waals surface area (Å²) in [6, 6.07) is 14.3. The number of nitrogens with one attached hydrogen (secondary N) is 1. The quantitative estimate of drug-likeness (QED) is 0.721. The molecule has 2 aromatic rings. The second-order valence-electron chi connectivity index (χ2n) is 6.78. The van der Waals surface area contributed by atoms with Gasteiger partial charge in [0, 0.05) is 0 Å². The molecule has 0 aliphatic rings. The fourth-order valence-corrected chi connectivity index (χ4v) is 2.34. The third-order valence-electron chi connectivity index (χ3n) is 3.71. The van der Waals surface area contributed by atoms with Gasteiger partial charge in [0.1, 0.15) is 17.6 Å². The molecule has 0 spiro atoms. The molecule has 1 N–H and O–H groups in total. The molecule has 0 amide bonds. The first-order valence-electron chi connectivity index (χ1n) is 8.65. The van der Waals surface area contributed by atoms with E-state index in [1.807, 2.05) is 24.3 Å². The number of benzene rings is 2. The molecule has 2 aromatic carbocycles. The SMILES string of the molecule is Cc1ccc(C)c(OC(C)CNc2ccccc2OCC(C)C)c1. The Labute approximate surface area is 146 Å². The Morgan fingerprint density at radius 3 is 2.46 bits per heavy atom. The highest BCUT2D eigenvalue weighted by Gasteiger charge is 2.09. The van der Waals surface area contributed by atoms with E-state index in [2.05, 4.69) is 58.1 Å². The molecule has 0 saturated carbocycles. The van der Waals surface area contributed by atoms with Gasteiger partial charge in [-0.1, -0.05) is 38.1 Å². The van der Waals surface area contributed by atoms with Gasteiger partial charge in [0.15, 0.2) is 0 Å². The minimum absolute atomic E-state index is 0.0589. The van der Waals surface area contributed by atoms with Gasteiger partial charge in [0.05, 0.1) is 18.8 Å². The van der Waals surface area contributed by atoms with Crippen LogP contribution in [0.2, 0.25) is 0 Å². The standard InChI is InChI=1S/C21H29NO2/c1-15(2)14-23-20-9-7-6-8-19(20)22-13-18(5)24-21-12-16(3)10-11-17(21)4/h6-12,15,18,22H,13-14H2,1-5H3. The molecule has 0 aliphatic carbocycles. The average Bonchev–Trinajstić information content (AvgIpc) is 2.55. The van der Waals surface area contributed by atoms with Crippen LogP contribution in [-0.2, 0) is 0 Å². The summed E-state index contributed by atoms with van der Waals surface area (Å²) < 4.78 is 12.0. The molecule has 0 heterocycles. The van der Waals surface area contributed by atoms with Crippen molar-refractivity contribution in [2.75, 3.05) is 18.5 Å². The van der Waals surface area contributed by atoms with Crippen molar-refractivity contribution >= 4 is 5.69 Å².